The molecule has 4 atom stereocenters. The van der Waals surface area contributed by atoms with E-state index in [1.165, 1.54) is 97.3 Å². The van der Waals surface area contributed by atoms with E-state index in [1.807, 2.05) is 80.6 Å². The van der Waals surface area contributed by atoms with Gasteiger partial charge < -0.3 is 34.9 Å². The number of H-pyrrole nitrogens is 7. The van der Waals surface area contributed by atoms with Gasteiger partial charge in [-0.2, -0.15) is 25.3 Å². The number of nitrogens with zero attached hydrogens (tertiary/aromatic N) is 1. The lowest BCUT2D eigenvalue weighted by Crippen LogP contribution is -2.43. The van der Waals surface area contributed by atoms with E-state index in [2.05, 4.69) is 115 Å². The molecular formula is C88H84N8O12S12. The minimum atomic E-state index is -5.81. The number of unbranched alkanes of at least 4 members (excludes halogenated alkanes) is 4. The number of nitrogens with one attached hydrogen (secondary N) is 7. The Bertz CT molecular complexity index is 7160. The molecule has 20 rings (SSSR count). The highest BCUT2D eigenvalue weighted by atomic mass is 32.3. The topological polar surface area (TPSA) is 336 Å². The number of fused-ring (bicyclic) bond motifs is 12. The summed E-state index contributed by atoms with van der Waals surface area (Å²) in [6, 6.07) is 49.9. The van der Waals surface area contributed by atoms with Crippen molar-refractivity contribution in [3.63, 3.8) is 0 Å². The Morgan fingerprint density at radius 3 is 0.783 bits per heavy atom. The smallest absolute Gasteiger partial charge is 0.264 e. The molecule has 0 fully saturated rings. The molecule has 20 nitrogen and oxygen atoms in total. The highest BCUT2D eigenvalue weighted by Gasteiger charge is 2.42. The van der Waals surface area contributed by atoms with Crippen molar-refractivity contribution in [2.24, 2.45) is 0 Å². The summed E-state index contributed by atoms with van der Waals surface area (Å²) < 4.78 is 143. The van der Waals surface area contributed by atoms with Crippen molar-refractivity contribution in [2.45, 2.75) is 128 Å². The van der Waals surface area contributed by atoms with Crippen LogP contribution in [-0.2, 0) is 40.2 Å². The molecule has 0 bridgehead atoms. The number of hydrogen-bond acceptors (Lipinski definition) is 15. The first-order chi connectivity index (χ1) is 57.4. The highest BCUT2D eigenvalue weighted by Crippen LogP contribution is 2.64. The van der Waals surface area contributed by atoms with E-state index >= 15 is 4.21 Å². The van der Waals surface area contributed by atoms with Gasteiger partial charge in [-0.15, -0.1) is 90.7 Å². The van der Waals surface area contributed by atoms with Gasteiger partial charge in [-0.05, 0) is 269 Å². The zero-order valence-corrected chi connectivity index (χ0v) is 75.2. The third-order valence-corrected chi connectivity index (χ3v) is 38.7. The number of aryl methyl sites for hydroxylation is 4. The Hall–Kier alpha value is -8.36. The molecule has 16 aromatic rings. The third-order valence-electron chi connectivity index (χ3n) is 23.9. The average molecular weight is 1830 g/mol. The molecule has 0 spiro atoms. The van der Waals surface area contributed by atoms with Crippen molar-refractivity contribution in [3.05, 3.63) is 211 Å². The molecule has 0 aliphatic heterocycles. The van der Waals surface area contributed by atoms with Gasteiger partial charge in [0.1, 0.15) is 0 Å². The molecule has 120 heavy (non-hydrogen) atoms. The van der Waals surface area contributed by atoms with Crippen LogP contribution in [-0.4, -0.2) is 114 Å². The molecular weight excluding hydrogens is 1750 g/mol. The van der Waals surface area contributed by atoms with Crippen molar-refractivity contribution in [2.75, 3.05) is 23.0 Å². The Morgan fingerprint density at radius 1 is 0.300 bits per heavy atom. The molecule has 0 aromatic carbocycles. The van der Waals surface area contributed by atoms with E-state index in [0.717, 1.165) is 110 Å². The molecule has 0 saturated carbocycles. The van der Waals surface area contributed by atoms with Crippen LogP contribution in [0.1, 0.15) is 166 Å². The van der Waals surface area contributed by atoms with Crippen LogP contribution >= 0.6 is 90.7 Å². The van der Waals surface area contributed by atoms with Gasteiger partial charge in [0.2, 0.25) is 0 Å². The molecule has 32 heteroatoms. The average Bonchev–Trinajstić information content (AvgIpc) is 1.56. The second-order valence-corrected chi connectivity index (χ2v) is 48.6. The van der Waals surface area contributed by atoms with E-state index < -0.39 is 45.9 Å². The maximum atomic E-state index is 16.0. The van der Waals surface area contributed by atoms with Gasteiger partial charge in [0.05, 0.1) is 103 Å². The monoisotopic (exact) mass is 1830 g/mol. The van der Waals surface area contributed by atoms with Gasteiger partial charge in [-0.25, -0.2) is 8.18 Å². The second kappa shape index (κ2) is 30.3. The molecule has 4 aliphatic carbocycles. The normalized spacial score (nSPS) is 16.3. The lowest BCUT2D eigenvalue weighted by molar-refractivity contribution is 0.376. The van der Waals surface area contributed by atoms with Gasteiger partial charge in [0.25, 0.3) is 30.4 Å². The Balaban J connectivity index is 0.617. The standard InChI is InChI=1S/C88H84N8O12S12/c1-45-17-19-61(89-45)63-21-22-65(91-63)66-23-24-67(92-66)68-25-26-69(93-68)70-28-30-72(95-70)74-32-31-73(71-29-27-64(94-71)62-20-18-46(2)90-62)96(74)120(106,107,108)36-12-8-16-52-59-43-78(76-40-56-50(14-6-10-34-118(100,101)102)54-38-48(4)110-82(54)84(56)112-76)114-87(59)88-60(52)44-80(116-88)79-42-58-51(15-7-11-35-119(103,104)105)57-41-77(113-85(57)86(58)115-79)75-39-55-49(13-5-9-33-117(97,98)99)53-37-47(3)109-81(53)83(55)111-75/h17-32,37-44,49-52,89-95H,5-16,33-36H2,1-4H3,(H,97,98,99)(H,100,101,102)(H,103,104,105)(H2,106,107,108). The molecule has 4 unspecified atom stereocenters. The lowest BCUT2D eigenvalue weighted by Gasteiger charge is -2.35. The largest absolute Gasteiger partial charge is 0.357 e. The number of aromatic nitrogens is 8. The number of thiophene rings is 8. The van der Waals surface area contributed by atoms with Crippen LogP contribution in [0.2, 0.25) is 0 Å². The minimum Gasteiger partial charge on any atom is -0.357 e. The maximum absolute atomic E-state index is 16.0. The van der Waals surface area contributed by atoms with Crippen LogP contribution in [0.25, 0.3) is 148 Å². The molecule has 0 radical (unpaired) electrons. The van der Waals surface area contributed by atoms with E-state index in [0.29, 0.717) is 80.6 Å². The van der Waals surface area contributed by atoms with Crippen molar-refractivity contribution in [3.8, 4) is 148 Å². The van der Waals surface area contributed by atoms with E-state index in [4.69, 9.17) is 0 Å². The van der Waals surface area contributed by atoms with Crippen molar-refractivity contribution in [1.82, 2.24) is 38.9 Å². The van der Waals surface area contributed by atoms with Crippen LogP contribution in [0.5, 0.6) is 0 Å². The second-order valence-electron chi connectivity index (χ2n) is 32.3. The first-order valence-corrected chi connectivity index (χ1v) is 53.3. The van der Waals surface area contributed by atoms with Crippen molar-refractivity contribution < 1.29 is 52.2 Å². The van der Waals surface area contributed by atoms with Gasteiger partial charge in [0.15, 0.2) is 9.81 Å². The summed E-state index contributed by atoms with van der Waals surface area (Å²) in [7, 11) is -18.1. The summed E-state index contributed by atoms with van der Waals surface area (Å²) in [5.74, 6) is -1.26. The maximum Gasteiger partial charge on any atom is 0.264 e. The zero-order valence-electron chi connectivity index (χ0n) is 65.4. The predicted molar refractivity (Wildman–Crippen MR) is 495 cm³/mol. The number of aromatic amines is 7. The highest BCUT2D eigenvalue weighted by molar-refractivity contribution is 8.09. The minimum absolute atomic E-state index is 0.0244. The lowest BCUT2D eigenvalue weighted by atomic mass is 9.92. The molecule has 0 amide bonds. The van der Waals surface area contributed by atoms with E-state index in [9.17, 15) is 48.0 Å². The Morgan fingerprint density at radius 2 is 0.525 bits per heavy atom. The third kappa shape index (κ3) is 15.1. The zero-order chi connectivity index (χ0) is 82.8. The Kier molecular flexibility index (Phi) is 20.2. The van der Waals surface area contributed by atoms with Crippen molar-refractivity contribution >= 4 is 131 Å². The van der Waals surface area contributed by atoms with Gasteiger partial charge in [-0.1, -0.05) is 25.7 Å². The number of rotatable bonds is 31. The van der Waals surface area contributed by atoms with Crippen LogP contribution in [0.4, 0.5) is 0 Å². The van der Waals surface area contributed by atoms with E-state index in [-0.39, 0.29) is 47.4 Å². The molecule has 4 aliphatic rings. The summed E-state index contributed by atoms with van der Waals surface area (Å²) in [4.78, 5) is 43.5. The molecule has 12 N–H and O–H groups in total. The summed E-state index contributed by atoms with van der Waals surface area (Å²) in [5, 5.41) is 0. The Labute approximate surface area is 725 Å². The fourth-order valence-corrected chi connectivity index (χ4v) is 32.5. The quantitative estimate of drug-likeness (QED) is 0.0143. The van der Waals surface area contributed by atoms with Gasteiger partial charge in [0, 0.05) is 113 Å². The van der Waals surface area contributed by atoms with Gasteiger partial charge >= 0.3 is 0 Å². The first-order valence-electron chi connectivity index (χ1n) is 40.0. The van der Waals surface area contributed by atoms with Gasteiger partial charge in [-0.3, -0.25) is 22.8 Å². The van der Waals surface area contributed by atoms with Crippen LogP contribution in [0, 0.1) is 27.7 Å². The summed E-state index contributed by atoms with van der Waals surface area (Å²) >= 11 is 14.3. The number of hydrogen-bond donors (Lipinski definition) is 12. The van der Waals surface area contributed by atoms with Crippen LogP contribution in [0.3, 0.4) is 0 Å². The fraction of sp³-hybridized carbons (Fsp3) is 0.273. The summed E-state index contributed by atoms with van der Waals surface area (Å²) in [6.07, 6.45) is 6.36. The molecule has 620 valence electrons. The van der Waals surface area contributed by atoms with Crippen LogP contribution < -0.4 is 0 Å². The summed E-state index contributed by atoms with van der Waals surface area (Å²) in [6.45, 7) is 8.26. The molecule has 16 heterocycles. The van der Waals surface area contributed by atoms with Crippen molar-refractivity contribution in [1.29, 1.82) is 0 Å². The van der Waals surface area contributed by atoms with Crippen LogP contribution in [0.15, 0.2) is 146 Å². The fourth-order valence-electron chi connectivity index (χ4n) is 18.4. The summed E-state index contributed by atoms with van der Waals surface area (Å²) in [5.41, 5.74) is 22.3. The SMILES string of the molecule is Cc1ccc(-c2ccc(-c3ccc(-c4ccc(-c5ccc(-c6ccc(-c7ccc(-c8ccc(C)[nH]8)[nH]7)n6S(=O)(O)(O)CCCCC6c7cc(-c8cc9c(s8)-c8sc(C)cc8C9CCCCS(=O)(=O)O)sc7-c7sc(-c8cc9c(s8)-c8sc(-c%10cc%11c(s%10)-c%10sc(C)cc%10C%11CCCCS(=O)(=O)O)cc8C9CCCCS(=O)(=O)O)cc76)[nH]5)[nH]4)[nH]3)[nH]2)[nH]1. The predicted octanol–water partition coefficient (Wildman–Crippen LogP) is 25.2. The van der Waals surface area contributed by atoms with E-state index in [1.54, 1.807) is 103 Å². The molecule has 0 saturated heterocycles. The first kappa shape index (κ1) is 80.1. The molecule has 16 aromatic heterocycles.